The maximum absolute atomic E-state index is 13.3. The minimum absolute atomic E-state index is 0.120. The first-order chi connectivity index (χ1) is 18.1. The van der Waals surface area contributed by atoms with Crippen molar-refractivity contribution in [3.05, 3.63) is 45.7 Å². The van der Waals surface area contributed by atoms with E-state index < -0.39 is 6.04 Å². The van der Waals surface area contributed by atoms with Crippen molar-refractivity contribution < 1.29 is 19.1 Å². The molecular weight excluding hydrogens is 506 g/mol. The zero-order valence-corrected chi connectivity index (χ0v) is 23.9. The molecule has 3 amide bonds. The number of H-pyrrole nitrogens is 1. The summed E-state index contributed by atoms with van der Waals surface area (Å²) in [7, 11) is 3.37. The van der Waals surface area contributed by atoms with E-state index in [-0.39, 0.29) is 17.7 Å². The Morgan fingerprint density at radius 2 is 1.79 bits per heavy atom. The van der Waals surface area contributed by atoms with E-state index in [0.29, 0.717) is 55.4 Å². The molecule has 0 unspecified atom stereocenters. The summed E-state index contributed by atoms with van der Waals surface area (Å²) in [4.78, 5) is 44.5. The summed E-state index contributed by atoms with van der Waals surface area (Å²) in [5, 5.41) is 7.64. The number of aryl methyl sites for hydroxylation is 2. The summed E-state index contributed by atoms with van der Waals surface area (Å²) >= 11 is 6.19. The van der Waals surface area contributed by atoms with Gasteiger partial charge in [-0.2, -0.15) is 5.10 Å². The fourth-order valence-corrected chi connectivity index (χ4v) is 4.86. The quantitative estimate of drug-likeness (QED) is 0.628. The standard InChI is InChI=1S/C28H40ClN5O4/c1-19-23(20(2)31-30-19)11-13-26(35)34-15-7-6-14-32(4)27(36)21(3)33(5)28(37)24-18-22(29)10-12-25(24)38-17-9-8-16-34/h10,12,18,21H,6-9,11,13-17H2,1-5H3,(H,30,31)/t21-/m0/s1. The van der Waals surface area contributed by atoms with Gasteiger partial charge in [-0.1, -0.05) is 11.6 Å². The third kappa shape index (κ3) is 7.49. The molecule has 0 bridgehead atoms. The highest BCUT2D eigenvalue weighted by atomic mass is 35.5. The van der Waals surface area contributed by atoms with Gasteiger partial charge in [0, 0.05) is 50.9 Å². The number of aromatic amines is 1. The van der Waals surface area contributed by atoms with Crippen LogP contribution in [0.25, 0.3) is 0 Å². The zero-order valence-electron chi connectivity index (χ0n) is 23.2. The first-order valence-corrected chi connectivity index (χ1v) is 13.7. The number of likely N-dealkylation sites (N-methyl/N-ethyl adjacent to an activating group) is 2. The van der Waals surface area contributed by atoms with Crippen molar-refractivity contribution in [2.45, 2.75) is 65.3 Å². The molecule has 208 valence electrons. The number of amides is 3. The van der Waals surface area contributed by atoms with Gasteiger partial charge in [0.05, 0.1) is 17.9 Å². The van der Waals surface area contributed by atoms with Gasteiger partial charge in [0.15, 0.2) is 0 Å². The molecule has 1 aromatic carbocycles. The van der Waals surface area contributed by atoms with Gasteiger partial charge in [-0.05, 0) is 76.6 Å². The lowest BCUT2D eigenvalue weighted by Crippen LogP contribution is -2.47. The summed E-state index contributed by atoms with van der Waals surface area (Å²) in [6.45, 7) is 7.87. The minimum atomic E-state index is -0.650. The van der Waals surface area contributed by atoms with Crippen LogP contribution in [0.3, 0.4) is 0 Å². The Bertz CT molecular complexity index is 1110. The number of hydrogen-bond donors (Lipinski definition) is 1. The maximum Gasteiger partial charge on any atom is 0.258 e. The monoisotopic (exact) mass is 545 g/mol. The molecule has 1 atom stereocenters. The van der Waals surface area contributed by atoms with Crippen LogP contribution in [-0.4, -0.2) is 89.0 Å². The minimum Gasteiger partial charge on any atom is -0.493 e. The number of carbonyl (C=O) groups excluding carboxylic acids is 3. The molecule has 1 aliphatic heterocycles. The number of carbonyl (C=O) groups is 3. The third-order valence-corrected chi connectivity index (χ3v) is 7.52. The van der Waals surface area contributed by atoms with E-state index in [1.807, 2.05) is 18.7 Å². The predicted molar refractivity (Wildman–Crippen MR) is 148 cm³/mol. The summed E-state index contributed by atoms with van der Waals surface area (Å²) in [5.41, 5.74) is 3.37. The fraction of sp³-hybridized carbons (Fsp3) is 0.571. The Balaban J connectivity index is 1.73. The number of aromatic nitrogens is 2. The average molecular weight is 546 g/mol. The Morgan fingerprint density at radius 3 is 2.47 bits per heavy atom. The van der Waals surface area contributed by atoms with Crippen LogP contribution in [0.4, 0.5) is 0 Å². The van der Waals surface area contributed by atoms with Gasteiger partial charge < -0.3 is 19.4 Å². The second-order valence-electron chi connectivity index (χ2n) is 10.0. The molecule has 0 fully saturated rings. The topological polar surface area (TPSA) is 98.8 Å². The number of halogens is 1. The summed E-state index contributed by atoms with van der Waals surface area (Å²) in [6.07, 6.45) is 4.14. The van der Waals surface area contributed by atoms with E-state index in [1.54, 1.807) is 44.1 Å². The van der Waals surface area contributed by atoms with E-state index in [1.165, 1.54) is 4.90 Å². The molecule has 0 aliphatic carbocycles. The van der Waals surface area contributed by atoms with E-state index in [2.05, 4.69) is 10.2 Å². The van der Waals surface area contributed by atoms with Crippen molar-refractivity contribution in [2.75, 3.05) is 40.3 Å². The van der Waals surface area contributed by atoms with Gasteiger partial charge in [0.2, 0.25) is 11.8 Å². The van der Waals surface area contributed by atoms with Crippen molar-refractivity contribution in [3.63, 3.8) is 0 Å². The summed E-state index contributed by atoms with van der Waals surface area (Å²) < 4.78 is 5.97. The first kappa shape index (κ1) is 29.5. The molecule has 9 nitrogen and oxygen atoms in total. The second kappa shape index (κ2) is 13.6. The number of nitrogens with one attached hydrogen (secondary N) is 1. The van der Waals surface area contributed by atoms with Crippen molar-refractivity contribution >= 4 is 29.3 Å². The van der Waals surface area contributed by atoms with Crippen LogP contribution in [0.1, 0.15) is 66.3 Å². The van der Waals surface area contributed by atoms with Crippen LogP contribution in [-0.2, 0) is 16.0 Å². The Hall–Kier alpha value is -3.07. The van der Waals surface area contributed by atoms with Crippen LogP contribution in [0.5, 0.6) is 5.75 Å². The third-order valence-electron chi connectivity index (χ3n) is 7.28. The first-order valence-electron chi connectivity index (χ1n) is 13.3. The highest BCUT2D eigenvalue weighted by Gasteiger charge is 2.28. The van der Waals surface area contributed by atoms with Gasteiger partial charge in [0.25, 0.3) is 5.91 Å². The van der Waals surface area contributed by atoms with Gasteiger partial charge in [-0.25, -0.2) is 0 Å². The molecule has 2 aromatic rings. The van der Waals surface area contributed by atoms with Crippen molar-refractivity contribution in [2.24, 2.45) is 0 Å². The molecule has 1 aliphatic rings. The average Bonchev–Trinajstić information content (AvgIpc) is 3.22. The highest BCUT2D eigenvalue weighted by molar-refractivity contribution is 6.31. The van der Waals surface area contributed by atoms with E-state index >= 15 is 0 Å². The maximum atomic E-state index is 13.3. The predicted octanol–water partition coefficient (Wildman–Crippen LogP) is 4.01. The largest absolute Gasteiger partial charge is 0.493 e. The summed E-state index contributed by atoms with van der Waals surface area (Å²) in [6, 6.07) is 4.30. The van der Waals surface area contributed by atoms with Gasteiger partial charge in [0.1, 0.15) is 11.8 Å². The molecule has 38 heavy (non-hydrogen) atoms. The van der Waals surface area contributed by atoms with E-state index in [9.17, 15) is 14.4 Å². The van der Waals surface area contributed by atoms with Crippen LogP contribution >= 0.6 is 11.6 Å². The van der Waals surface area contributed by atoms with Crippen LogP contribution in [0.15, 0.2) is 18.2 Å². The Labute approximate surface area is 230 Å². The molecular formula is C28H40ClN5O4. The lowest BCUT2D eigenvalue weighted by Gasteiger charge is -2.29. The van der Waals surface area contributed by atoms with Crippen LogP contribution in [0.2, 0.25) is 5.02 Å². The van der Waals surface area contributed by atoms with Crippen LogP contribution in [0, 0.1) is 13.8 Å². The lowest BCUT2D eigenvalue weighted by atomic mass is 10.1. The smallest absolute Gasteiger partial charge is 0.258 e. The molecule has 0 saturated carbocycles. The van der Waals surface area contributed by atoms with Gasteiger partial charge in [-0.15, -0.1) is 0 Å². The van der Waals surface area contributed by atoms with Crippen molar-refractivity contribution in [1.29, 1.82) is 0 Å². The fourth-order valence-electron chi connectivity index (χ4n) is 4.69. The molecule has 0 saturated heterocycles. The molecule has 0 spiro atoms. The zero-order chi connectivity index (χ0) is 27.8. The van der Waals surface area contributed by atoms with E-state index in [4.69, 9.17) is 16.3 Å². The van der Waals surface area contributed by atoms with Crippen molar-refractivity contribution in [1.82, 2.24) is 24.9 Å². The lowest BCUT2D eigenvalue weighted by molar-refractivity contribution is -0.134. The number of hydrogen-bond acceptors (Lipinski definition) is 5. The summed E-state index contributed by atoms with van der Waals surface area (Å²) in [5.74, 6) is 0.0887. The molecule has 1 aromatic heterocycles. The van der Waals surface area contributed by atoms with Crippen LogP contribution < -0.4 is 4.74 Å². The van der Waals surface area contributed by atoms with Gasteiger partial charge >= 0.3 is 0 Å². The molecule has 10 heteroatoms. The molecule has 0 radical (unpaired) electrons. The SMILES string of the molecule is Cc1n[nH]c(C)c1CCC(=O)N1CCCCOc2ccc(Cl)cc2C(=O)N(C)[C@@H](C)C(=O)N(C)CCCC1. The normalized spacial score (nSPS) is 18.7. The Morgan fingerprint density at radius 1 is 1.11 bits per heavy atom. The van der Waals surface area contributed by atoms with Gasteiger partial charge in [-0.3, -0.25) is 19.5 Å². The Kier molecular flexibility index (Phi) is 10.6. The second-order valence-corrected chi connectivity index (χ2v) is 10.5. The number of fused-ring (bicyclic) bond motifs is 1. The molecule has 1 N–H and O–H groups in total. The number of nitrogens with zero attached hydrogens (tertiary/aromatic N) is 4. The van der Waals surface area contributed by atoms with Crippen molar-refractivity contribution in [3.8, 4) is 5.75 Å². The highest BCUT2D eigenvalue weighted by Crippen LogP contribution is 2.25. The number of rotatable bonds is 3. The number of benzene rings is 1. The van der Waals surface area contributed by atoms with E-state index in [0.717, 1.165) is 42.6 Å². The molecule has 2 heterocycles. The molecule has 3 rings (SSSR count). The number of ether oxygens (including phenoxy) is 1.